The van der Waals surface area contributed by atoms with Crippen LogP contribution in [-0.2, 0) is 14.3 Å². The van der Waals surface area contributed by atoms with Gasteiger partial charge in [-0.2, -0.15) is 0 Å². The molecule has 0 unspecified atom stereocenters. The summed E-state index contributed by atoms with van der Waals surface area (Å²) in [4.78, 5) is 13.1. The monoisotopic (exact) mass is 842 g/mol. The Balaban J connectivity index is 2.40. The Morgan fingerprint density at radius 3 is 1.53 bits per heavy atom. The zero-order valence-corrected chi connectivity index (χ0v) is 37.5. The van der Waals surface area contributed by atoms with Crippen molar-refractivity contribution in [2.75, 3.05) is 13.2 Å². The lowest BCUT2D eigenvalue weighted by molar-refractivity contribution is -0.303. The predicted molar refractivity (Wildman–Crippen MR) is 238 cm³/mol. The van der Waals surface area contributed by atoms with E-state index in [1.165, 1.54) is 122 Å². The van der Waals surface area contributed by atoms with Gasteiger partial charge in [-0.15, -0.1) is 0 Å². The predicted octanol–water partition coefficient (Wildman–Crippen LogP) is 8.23. The van der Waals surface area contributed by atoms with Crippen LogP contribution in [0, 0.1) is 0 Å². The molecule has 1 aliphatic rings. The molecule has 1 heterocycles. The summed E-state index contributed by atoms with van der Waals surface area (Å²) >= 11 is 0. The SMILES string of the molecule is CCCCC/C=C\C/C=C/CCCC[C@@H](O)[C@@H](O)[C@H](CO[C@@H]1O[C@H](CO)[C@@H](O)[C@H](O)[C@H]1O)NC(=O)[C@H](O)CCCCCCCCCCCCCCCCCCCCCC. The minimum Gasteiger partial charge on any atom is -0.394 e. The number of allylic oxidation sites excluding steroid dienone is 4. The van der Waals surface area contributed by atoms with Crippen LogP contribution < -0.4 is 5.32 Å². The number of aliphatic hydroxyl groups excluding tert-OH is 7. The molecule has 0 aromatic rings. The molecule has 348 valence electrons. The fraction of sp³-hybridized carbons (Fsp3) is 0.896. The maximum absolute atomic E-state index is 13.1. The second-order valence-electron chi connectivity index (χ2n) is 17.2. The van der Waals surface area contributed by atoms with E-state index in [1.54, 1.807) is 0 Å². The molecule has 0 bridgehead atoms. The van der Waals surface area contributed by atoms with Gasteiger partial charge in [0.25, 0.3) is 0 Å². The van der Waals surface area contributed by atoms with Gasteiger partial charge in [0.15, 0.2) is 6.29 Å². The van der Waals surface area contributed by atoms with Gasteiger partial charge in [0.2, 0.25) is 5.91 Å². The van der Waals surface area contributed by atoms with E-state index in [4.69, 9.17) is 9.47 Å². The van der Waals surface area contributed by atoms with Gasteiger partial charge in [0.05, 0.1) is 25.4 Å². The van der Waals surface area contributed by atoms with Crippen LogP contribution in [-0.4, -0.2) is 110 Å². The molecule has 8 N–H and O–H groups in total. The average molecular weight is 842 g/mol. The van der Waals surface area contributed by atoms with E-state index in [1.807, 2.05) is 0 Å². The molecule has 1 fully saturated rings. The molecular weight excluding hydrogens is 751 g/mol. The minimum atomic E-state index is -1.67. The third-order valence-corrected chi connectivity index (χ3v) is 11.8. The minimum absolute atomic E-state index is 0.256. The first-order chi connectivity index (χ1) is 28.7. The van der Waals surface area contributed by atoms with Gasteiger partial charge in [-0.05, 0) is 44.9 Å². The highest BCUT2D eigenvalue weighted by atomic mass is 16.7. The van der Waals surface area contributed by atoms with Crippen LogP contribution in [0.4, 0.5) is 0 Å². The highest BCUT2D eigenvalue weighted by Crippen LogP contribution is 2.23. The standard InChI is InChI=1S/C48H91NO10/c1-3-5-7-9-11-13-15-17-18-19-20-21-22-23-24-26-28-30-32-34-36-41(52)47(57)49-39(38-58-48-46(56)45(55)44(54)42(37-50)59-48)43(53)40(51)35-33-31-29-27-25-16-14-12-10-8-6-4-2/h12,14,25,27,39-46,48,50-56H,3-11,13,15-24,26,28-38H2,1-2H3,(H,49,57)/b14-12-,27-25+/t39-,40+,41+,42+,43-,44+,45-,46+,48+/m0/s1. The summed E-state index contributed by atoms with van der Waals surface area (Å²) in [6.45, 7) is 3.39. The van der Waals surface area contributed by atoms with Crippen molar-refractivity contribution in [1.82, 2.24) is 5.32 Å². The van der Waals surface area contributed by atoms with E-state index >= 15 is 0 Å². The van der Waals surface area contributed by atoms with E-state index in [9.17, 15) is 40.5 Å². The van der Waals surface area contributed by atoms with Crippen molar-refractivity contribution in [3.05, 3.63) is 24.3 Å². The molecule has 0 radical (unpaired) electrons. The number of nitrogens with one attached hydrogen (secondary N) is 1. The van der Waals surface area contributed by atoms with Crippen molar-refractivity contribution < 1.29 is 50.0 Å². The summed E-state index contributed by atoms with van der Waals surface area (Å²) in [6.07, 6.45) is 30.9. The number of amides is 1. The number of carbonyl (C=O) groups excluding carboxylic acids is 1. The topological polar surface area (TPSA) is 189 Å². The second kappa shape index (κ2) is 38.3. The average Bonchev–Trinajstić information content (AvgIpc) is 3.23. The van der Waals surface area contributed by atoms with Crippen LogP contribution in [0.1, 0.15) is 206 Å². The molecular formula is C48H91NO10. The molecule has 0 aliphatic carbocycles. The first kappa shape index (κ1) is 55.6. The summed E-state index contributed by atoms with van der Waals surface area (Å²) in [5.74, 6) is -0.707. The van der Waals surface area contributed by atoms with Gasteiger partial charge in [-0.3, -0.25) is 4.79 Å². The number of unbranched alkanes of at least 4 members (excludes halogenated alkanes) is 24. The normalized spacial score (nSPS) is 21.9. The quantitative estimate of drug-likeness (QED) is 0.0221. The number of ether oxygens (including phenoxy) is 2. The van der Waals surface area contributed by atoms with E-state index in [0.717, 1.165) is 44.9 Å². The number of hydrogen-bond acceptors (Lipinski definition) is 10. The van der Waals surface area contributed by atoms with Gasteiger partial charge < -0.3 is 50.5 Å². The Morgan fingerprint density at radius 2 is 1.03 bits per heavy atom. The largest absolute Gasteiger partial charge is 0.394 e. The van der Waals surface area contributed by atoms with Crippen molar-refractivity contribution in [3.8, 4) is 0 Å². The first-order valence-corrected chi connectivity index (χ1v) is 24.2. The molecule has 0 aromatic carbocycles. The lowest BCUT2D eigenvalue weighted by Crippen LogP contribution is -2.60. The summed E-state index contributed by atoms with van der Waals surface area (Å²) in [7, 11) is 0. The Kier molecular flexibility index (Phi) is 36.1. The lowest BCUT2D eigenvalue weighted by Gasteiger charge is -2.40. The van der Waals surface area contributed by atoms with Gasteiger partial charge in [-0.1, -0.05) is 186 Å². The van der Waals surface area contributed by atoms with E-state index < -0.39 is 74.2 Å². The first-order valence-electron chi connectivity index (χ1n) is 24.2. The Bertz CT molecular complexity index is 1010. The highest BCUT2D eigenvalue weighted by molar-refractivity contribution is 5.80. The fourth-order valence-corrected chi connectivity index (χ4v) is 7.71. The third-order valence-electron chi connectivity index (χ3n) is 11.8. The lowest BCUT2D eigenvalue weighted by atomic mass is 9.98. The van der Waals surface area contributed by atoms with Crippen molar-refractivity contribution in [1.29, 1.82) is 0 Å². The molecule has 0 spiro atoms. The maximum Gasteiger partial charge on any atom is 0.249 e. The summed E-state index contributed by atoms with van der Waals surface area (Å²) in [5.41, 5.74) is 0. The third kappa shape index (κ3) is 28.0. The Labute approximate surface area is 359 Å². The van der Waals surface area contributed by atoms with E-state index in [-0.39, 0.29) is 12.8 Å². The van der Waals surface area contributed by atoms with Crippen molar-refractivity contribution in [3.63, 3.8) is 0 Å². The van der Waals surface area contributed by atoms with Crippen molar-refractivity contribution in [2.24, 2.45) is 0 Å². The molecule has 1 saturated heterocycles. The zero-order chi connectivity index (χ0) is 43.4. The van der Waals surface area contributed by atoms with Gasteiger partial charge in [-0.25, -0.2) is 0 Å². The highest BCUT2D eigenvalue weighted by Gasteiger charge is 2.44. The molecule has 1 rings (SSSR count). The maximum atomic E-state index is 13.1. The van der Waals surface area contributed by atoms with Gasteiger partial charge >= 0.3 is 0 Å². The molecule has 1 aliphatic heterocycles. The van der Waals surface area contributed by atoms with Crippen molar-refractivity contribution >= 4 is 5.91 Å². The fourth-order valence-electron chi connectivity index (χ4n) is 7.71. The number of carbonyl (C=O) groups is 1. The van der Waals surface area contributed by atoms with Crippen LogP contribution >= 0.6 is 0 Å². The number of aliphatic hydroxyl groups is 7. The Hall–Kier alpha value is -1.41. The number of hydrogen-bond donors (Lipinski definition) is 8. The number of rotatable bonds is 40. The molecule has 0 saturated carbocycles. The van der Waals surface area contributed by atoms with Crippen LogP contribution in [0.3, 0.4) is 0 Å². The van der Waals surface area contributed by atoms with E-state index in [0.29, 0.717) is 12.8 Å². The summed E-state index contributed by atoms with van der Waals surface area (Å²) in [5, 5.41) is 75.6. The molecule has 1 amide bonds. The summed E-state index contributed by atoms with van der Waals surface area (Å²) < 4.78 is 11.1. The second-order valence-corrected chi connectivity index (χ2v) is 17.2. The molecule has 11 heteroatoms. The Morgan fingerprint density at radius 1 is 0.593 bits per heavy atom. The molecule has 0 aromatic heterocycles. The molecule has 11 nitrogen and oxygen atoms in total. The molecule has 59 heavy (non-hydrogen) atoms. The van der Waals surface area contributed by atoms with Crippen LogP contribution in [0.25, 0.3) is 0 Å². The van der Waals surface area contributed by atoms with Crippen LogP contribution in [0.15, 0.2) is 24.3 Å². The van der Waals surface area contributed by atoms with Crippen LogP contribution in [0.5, 0.6) is 0 Å². The smallest absolute Gasteiger partial charge is 0.249 e. The van der Waals surface area contributed by atoms with E-state index in [2.05, 4.69) is 43.5 Å². The van der Waals surface area contributed by atoms with Gasteiger partial charge in [0.1, 0.15) is 36.6 Å². The van der Waals surface area contributed by atoms with Crippen molar-refractivity contribution in [2.45, 2.75) is 262 Å². The molecule has 9 atom stereocenters. The van der Waals surface area contributed by atoms with Crippen LogP contribution in [0.2, 0.25) is 0 Å². The van der Waals surface area contributed by atoms with Gasteiger partial charge in [0, 0.05) is 0 Å². The summed E-state index contributed by atoms with van der Waals surface area (Å²) in [6, 6.07) is -1.18. The zero-order valence-electron chi connectivity index (χ0n) is 37.5.